The molecule has 0 radical (unpaired) electrons. The van der Waals surface area contributed by atoms with Crippen molar-refractivity contribution in [1.29, 1.82) is 0 Å². The van der Waals surface area contributed by atoms with Gasteiger partial charge in [-0.1, -0.05) is 20.8 Å². The molecule has 1 saturated carbocycles. The molecule has 3 nitrogen and oxygen atoms in total. The van der Waals surface area contributed by atoms with Gasteiger partial charge in [-0.3, -0.25) is 0 Å². The quantitative estimate of drug-likeness (QED) is 0.775. The van der Waals surface area contributed by atoms with Crippen LogP contribution in [-0.4, -0.2) is 38.5 Å². The summed E-state index contributed by atoms with van der Waals surface area (Å²) in [5, 5.41) is 3.33. The fraction of sp³-hybridized carbons (Fsp3) is 1.00. The Balaban J connectivity index is 2.57. The largest absolute Gasteiger partial charge is 0.379 e. The minimum atomic E-state index is 0.00696. The van der Waals surface area contributed by atoms with E-state index in [2.05, 4.69) is 33.0 Å². The summed E-state index contributed by atoms with van der Waals surface area (Å²) in [6.45, 7) is 13.7. The first-order chi connectivity index (χ1) is 9.33. The van der Waals surface area contributed by atoms with Gasteiger partial charge in [-0.25, -0.2) is 0 Å². The molecule has 1 unspecified atom stereocenters. The van der Waals surface area contributed by atoms with E-state index in [1.807, 2.05) is 14.0 Å². The van der Waals surface area contributed by atoms with Gasteiger partial charge in [-0.05, 0) is 57.9 Å². The van der Waals surface area contributed by atoms with E-state index in [0.29, 0.717) is 12.0 Å². The molecule has 20 heavy (non-hydrogen) atoms. The lowest BCUT2D eigenvalue weighted by Crippen LogP contribution is -2.48. The maximum atomic E-state index is 6.39. The minimum absolute atomic E-state index is 0.00696. The van der Waals surface area contributed by atoms with E-state index in [4.69, 9.17) is 9.47 Å². The molecule has 0 amide bonds. The van der Waals surface area contributed by atoms with Crippen LogP contribution in [0.2, 0.25) is 0 Å². The molecular formula is C17H35NO2. The topological polar surface area (TPSA) is 30.5 Å². The molecule has 120 valence electrons. The van der Waals surface area contributed by atoms with E-state index in [9.17, 15) is 0 Å². The summed E-state index contributed by atoms with van der Waals surface area (Å²) < 4.78 is 11.9. The summed E-state index contributed by atoms with van der Waals surface area (Å²) in [6.07, 6.45) is 5.03. The van der Waals surface area contributed by atoms with Crippen molar-refractivity contribution in [2.24, 2.45) is 11.3 Å². The smallest absolute Gasteiger partial charge is 0.0811 e. The van der Waals surface area contributed by atoms with Crippen LogP contribution in [0.25, 0.3) is 0 Å². The Morgan fingerprint density at radius 3 is 2.30 bits per heavy atom. The Kier molecular flexibility index (Phi) is 6.96. The van der Waals surface area contributed by atoms with Gasteiger partial charge >= 0.3 is 0 Å². The first-order valence-electron chi connectivity index (χ1n) is 8.23. The van der Waals surface area contributed by atoms with E-state index >= 15 is 0 Å². The molecule has 1 N–H and O–H groups in total. The molecule has 0 aromatic rings. The summed E-state index contributed by atoms with van der Waals surface area (Å²) >= 11 is 0. The van der Waals surface area contributed by atoms with Crippen LogP contribution in [0.15, 0.2) is 0 Å². The van der Waals surface area contributed by atoms with Crippen molar-refractivity contribution in [2.45, 2.75) is 72.0 Å². The lowest BCUT2D eigenvalue weighted by molar-refractivity contribution is -0.134. The molecule has 0 saturated heterocycles. The van der Waals surface area contributed by atoms with Crippen LogP contribution < -0.4 is 5.32 Å². The first-order valence-corrected chi connectivity index (χ1v) is 8.23. The van der Waals surface area contributed by atoms with Crippen molar-refractivity contribution < 1.29 is 9.47 Å². The highest BCUT2D eigenvalue weighted by molar-refractivity contribution is 4.92. The van der Waals surface area contributed by atoms with Gasteiger partial charge < -0.3 is 14.8 Å². The summed E-state index contributed by atoms with van der Waals surface area (Å²) in [4.78, 5) is 0. The molecule has 0 spiro atoms. The molecule has 1 atom stereocenters. The average Bonchev–Trinajstić information content (AvgIpc) is 2.36. The first kappa shape index (κ1) is 17.9. The fourth-order valence-corrected chi connectivity index (χ4v) is 3.41. The van der Waals surface area contributed by atoms with Gasteiger partial charge in [0, 0.05) is 13.2 Å². The summed E-state index contributed by atoms with van der Waals surface area (Å²) in [7, 11) is 2.02. The molecule has 1 aliphatic carbocycles. The molecule has 0 heterocycles. The third-order valence-corrected chi connectivity index (χ3v) is 4.63. The summed E-state index contributed by atoms with van der Waals surface area (Å²) in [5.74, 6) is 0.818. The zero-order valence-corrected chi connectivity index (χ0v) is 14.4. The van der Waals surface area contributed by atoms with E-state index in [1.165, 1.54) is 12.8 Å². The van der Waals surface area contributed by atoms with E-state index < -0.39 is 0 Å². The maximum Gasteiger partial charge on any atom is 0.0811 e. The fourth-order valence-electron chi connectivity index (χ4n) is 3.41. The highest BCUT2D eigenvalue weighted by Crippen LogP contribution is 2.43. The third-order valence-electron chi connectivity index (χ3n) is 4.63. The Hall–Kier alpha value is -0.120. The number of hydrogen-bond donors (Lipinski definition) is 1. The number of hydrogen-bond acceptors (Lipinski definition) is 3. The SMILES string of the molecule is CCOCC(C)OC1(CNC)CCC(C(C)(C)C)CC1. The summed E-state index contributed by atoms with van der Waals surface area (Å²) in [6, 6.07) is 0. The number of likely N-dealkylation sites (N-methyl/N-ethyl adjacent to an activating group) is 1. The lowest BCUT2D eigenvalue weighted by atomic mass is 9.68. The van der Waals surface area contributed by atoms with Crippen LogP contribution in [0.5, 0.6) is 0 Å². The highest BCUT2D eigenvalue weighted by atomic mass is 16.5. The molecule has 0 aliphatic heterocycles. The standard InChI is InChI=1S/C17H35NO2/c1-7-19-12-14(2)20-17(13-18-6)10-8-15(9-11-17)16(3,4)5/h14-15,18H,7-13H2,1-6H3. The Bertz CT molecular complexity index is 265. The molecule has 0 aromatic carbocycles. The third kappa shape index (κ3) is 5.34. The number of rotatable bonds is 7. The number of nitrogens with one attached hydrogen (secondary N) is 1. The Labute approximate surface area is 125 Å². The van der Waals surface area contributed by atoms with Crippen LogP contribution in [0.1, 0.15) is 60.3 Å². The second-order valence-corrected chi connectivity index (χ2v) is 7.44. The van der Waals surface area contributed by atoms with Gasteiger partial charge in [0.15, 0.2) is 0 Å². The van der Waals surface area contributed by atoms with Crippen LogP contribution in [0.4, 0.5) is 0 Å². The molecule has 0 bridgehead atoms. The van der Waals surface area contributed by atoms with E-state index in [-0.39, 0.29) is 11.7 Å². The zero-order chi connectivity index (χ0) is 15.2. The molecule has 0 aromatic heterocycles. The average molecular weight is 285 g/mol. The lowest BCUT2D eigenvalue weighted by Gasteiger charge is -2.45. The van der Waals surface area contributed by atoms with Crippen LogP contribution in [0, 0.1) is 11.3 Å². The van der Waals surface area contributed by atoms with Gasteiger partial charge in [0.1, 0.15) is 0 Å². The molecule has 3 heteroatoms. The molecule has 1 rings (SSSR count). The van der Waals surface area contributed by atoms with Gasteiger partial charge in [-0.2, -0.15) is 0 Å². The maximum absolute atomic E-state index is 6.39. The van der Waals surface area contributed by atoms with Crippen molar-refractivity contribution in [3.05, 3.63) is 0 Å². The van der Waals surface area contributed by atoms with Crippen molar-refractivity contribution in [2.75, 3.05) is 26.8 Å². The predicted octanol–water partition coefficient (Wildman–Crippen LogP) is 3.62. The second kappa shape index (κ2) is 7.77. The Morgan fingerprint density at radius 2 is 1.85 bits per heavy atom. The minimum Gasteiger partial charge on any atom is -0.379 e. The molecule has 1 fully saturated rings. The van der Waals surface area contributed by atoms with Gasteiger partial charge in [0.2, 0.25) is 0 Å². The van der Waals surface area contributed by atoms with Crippen molar-refractivity contribution in [1.82, 2.24) is 5.32 Å². The molecule has 1 aliphatic rings. The Morgan fingerprint density at radius 1 is 1.25 bits per heavy atom. The molecular weight excluding hydrogens is 250 g/mol. The highest BCUT2D eigenvalue weighted by Gasteiger charge is 2.40. The normalized spacial score (nSPS) is 29.4. The van der Waals surface area contributed by atoms with Crippen LogP contribution in [-0.2, 0) is 9.47 Å². The monoisotopic (exact) mass is 285 g/mol. The number of ether oxygens (including phenoxy) is 2. The predicted molar refractivity (Wildman–Crippen MR) is 85.1 cm³/mol. The zero-order valence-electron chi connectivity index (χ0n) is 14.4. The van der Waals surface area contributed by atoms with E-state index in [0.717, 1.165) is 31.9 Å². The van der Waals surface area contributed by atoms with E-state index in [1.54, 1.807) is 0 Å². The second-order valence-electron chi connectivity index (χ2n) is 7.44. The summed E-state index contributed by atoms with van der Waals surface area (Å²) in [5.41, 5.74) is 0.426. The van der Waals surface area contributed by atoms with Gasteiger partial charge in [0.25, 0.3) is 0 Å². The van der Waals surface area contributed by atoms with Gasteiger partial charge in [-0.15, -0.1) is 0 Å². The van der Waals surface area contributed by atoms with Crippen LogP contribution in [0.3, 0.4) is 0 Å². The van der Waals surface area contributed by atoms with Crippen molar-refractivity contribution in [3.63, 3.8) is 0 Å². The van der Waals surface area contributed by atoms with Crippen LogP contribution >= 0.6 is 0 Å². The van der Waals surface area contributed by atoms with Crippen molar-refractivity contribution >= 4 is 0 Å². The van der Waals surface area contributed by atoms with Crippen molar-refractivity contribution in [3.8, 4) is 0 Å². The van der Waals surface area contributed by atoms with Gasteiger partial charge in [0.05, 0.1) is 18.3 Å².